The molecule has 1 atom stereocenters. The molecule has 1 aliphatic rings. The molecule has 1 aromatic heterocycles. The highest BCUT2D eigenvalue weighted by Crippen LogP contribution is 2.34. The molecule has 1 amide bonds. The molecule has 1 aliphatic heterocycles. The lowest BCUT2D eigenvalue weighted by atomic mass is 9.99. The number of aromatic nitrogens is 2. The topological polar surface area (TPSA) is 88.9 Å². The average Bonchev–Trinajstić information content (AvgIpc) is 3.09. The molecule has 0 saturated heterocycles. The SMILES string of the molecule is Cn1nccc1COc1ccc2c(c1Cl)CCN(CC(O)CNC(=O)OC(C)(C)C)C2. The number of hydrogen-bond donors (Lipinski definition) is 2. The zero-order valence-electron chi connectivity index (χ0n) is 18.5. The van der Waals surface area contributed by atoms with E-state index < -0.39 is 17.8 Å². The van der Waals surface area contributed by atoms with Gasteiger partial charge in [-0.2, -0.15) is 5.10 Å². The van der Waals surface area contributed by atoms with Crippen molar-refractivity contribution in [2.75, 3.05) is 19.6 Å². The molecule has 8 nitrogen and oxygen atoms in total. The molecule has 3 rings (SSSR count). The first-order valence-electron chi connectivity index (χ1n) is 10.4. The Kier molecular flexibility index (Phi) is 7.46. The van der Waals surface area contributed by atoms with E-state index in [9.17, 15) is 9.90 Å². The molecular weight excluding hydrogens is 420 g/mol. The minimum absolute atomic E-state index is 0.139. The summed E-state index contributed by atoms with van der Waals surface area (Å²) in [6.07, 6.45) is 1.29. The number of halogens is 1. The van der Waals surface area contributed by atoms with Crippen LogP contribution in [0.5, 0.6) is 5.75 Å². The Morgan fingerprint density at radius 2 is 2.13 bits per heavy atom. The number of fused-ring (bicyclic) bond motifs is 1. The number of alkyl carbamates (subject to hydrolysis) is 1. The zero-order valence-corrected chi connectivity index (χ0v) is 19.3. The molecule has 0 fully saturated rings. The quantitative estimate of drug-likeness (QED) is 0.674. The number of nitrogens with zero attached hydrogens (tertiary/aromatic N) is 3. The van der Waals surface area contributed by atoms with E-state index in [-0.39, 0.29) is 6.54 Å². The van der Waals surface area contributed by atoms with E-state index in [1.165, 1.54) is 0 Å². The number of hydrogen-bond acceptors (Lipinski definition) is 6. The molecule has 0 aliphatic carbocycles. The first-order valence-corrected chi connectivity index (χ1v) is 10.8. The van der Waals surface area contributed by atoms with E-state index in [1.54, 1.807) is 31.6 Å². The number of carbonyl (C=O) groups excluding carboxylic acids is 1. The summed E-state index contributed by atoms with van der Waals surface area (Å²) < 4.78 is 12.9. The molecule has 170 valence electrons. The van der Waals surface area contributed by atoms with Crippen LogP contribution in [0.3, 0.4) is 0 Å². The molecule has 2 N–H and O–H groups in total. The predicted molar refractivity (Wildman–Crippen MR) is 118 cm³/mol. The van der Waals surface area contributed by atoms with Gasteiger partial charge in [0, 0.05) is 39.4 Å². The minimum atomic E-state index is -0.689. The van der Waals surface area contributed by atoms with Crippen molar-refractivity contribution in [1.82, 2.24) is 20.0 Å². The van der Waals surface area contributed by atoms with Crippen LogP contribution in [0.4, 0.5) is 4.79 Å². The maximum absolute atomic E-state index is 11.7. The van der Waals surface area contributed by atoms with Crippen LogP contribution in [0.25, 0.3) is 0 Å². The Morgan fingerprint density at radius 3 is 2.81 bits per heavy atom. The summed E-state index contributed by atoms with van der Waals surface area (Å²) in [4.78, 5) is 13.9. The van der Waals surface area contributed by atoms with Crippen molar-refractivity contribution in [1.29, 1.82) is 0 Å². The lowest BCUT2D eigenvalue weighted by Crippen LogP contribution is -2.43. The first-order chi connectivity index (χ1) is 14.6. The van der Waals surface area contributed by atoms with Crippen LogP contribution >= 0.6 is 11.6 Å². The summed E-state index contributed by atoms with van der Waals surface area (Å²) in [5.41, 5.74) is 2.61. The number of nitrogens with one attached hydrogen (secondary N) is 1. The first kappa shape index (κ1) is 23.4. The molecule has 2 aromatic rings. The maximum Gasteiger partial charge on any atom is 0.407 e. The molecule has 9 heteroatoms. The zero-order chi connectivity index (χ0) is 22.6. The molecule has 0 radical (unpaired) electrons. The Labute approximate surface area is 188 Å². The standard InChI is InChI=1S/C22H31ClN4O4/c1-22(2,3)31-21(29)24-11-17(28)13-27-10-8-18-15(12-27)5-6-19(20(18)23)30-14-16-7-9-25-26(16)4/h5-7,9,17,28H,8,10-14H2,1-4H3,(H,24,29). The van der Waals surface area contributed by atoms with E-state index in [2.05, 4.69) is 15.3 Å². The number of aliphatic hydroxyl groups is 1. The van der Waals surface area contributed by atoms with Crippen molar-refractivity contribution >= 4 is 17.7 Å². The third-order valence-corrected chi connectivity index (χ3v) is 5.44. The number of aliphatic hydroxyl groups excluding tert-OH is 1. The number of aryl methyl sites for hydroxylation is 1. The van der Waals surface area contributed by atoms with Gasteiger partial charge in [-0.05, 0) is 50.5 Å². The van der Waals surface area contributed by atoms with Crippen LogP contribution in [0.1, 0.15) is 37.6 Å². The fraction of sp³-hybridized carbons (Fsp3) is 0.545. The second-order valence-corrected chi connectivity index (χ2v) is 9.15. The van der Waals surface area contributed by atoms with Gasteiger partial charge in [0.15, 0.2) is 0 Å². The summed E-state index contributed by atoms with van der Waals surface area (Å²) in [5, 5.41) is 17.7. The third kappa shape index (κ3) is 6.59. The van der Waals surface area contributed by atoms with Gasteiger partial charge in [0.25, 0.3) is 0 Å². The molecule has 0 bridgehead atoms. The number of amides is 1. The molecule has 0 spiro atoms. The van der Waals surface area contributed by atoms with E-state index in [0.29, 0.717) is 30.5 Å². The van der Waals surface area contributed by atoms with Crippen molar-refractivity contribution in [2.24, 2.45) is 7.05 Å². The number of rotatable bonds is 7. The molecule has 1 aromatic carbocycles. The van der Waals surface area contributed by atoms with Crippen molar-refractivity contribution < 1.29 is 19.4 Å². The van der Waals surface area contributed by atoms with Crippen LogP contribution in [-0.4, -0.2) is 57.2 Å². The van der Waals surface area contributed by atoms with Gasteiger partial charge in [-0.25, -0.2) is 4.79 Å². The Balaban J connectivity index is 1.52. The fourth-order valence-corrected chi connectivity index (χ4v) is 3.82. The van der Waals surface area contributed by atoms with Gasteiger partial charge in [-0.15, -0.1) is 0 Å². The number of carbonyl (C=O) groups is 1. The fourth-order valence-electron chi connectivity index (χ4n) is 3.49. The maximum atomic E-state index is 11.7. The Morgan fingerprint density at radius 1 is 1.35 bits per heavy atom. The predicted octanol–water partition coefficient (Wildman–Crippen LogP) is 2.90. The van der Waals surface area contributed by atoms with Crippen LogP contribution in [-0.2, 0) is 31.4 Å². The van der Waals surface area contributed by atoms with Crippen LogP contribution < -0.4 is 10.1 Å². The highest BCUT2D eigenvalue weighted by molar-refractivity contribution is 6.33. The van der Waals surface area contributed by atoms with Crippen LogP contribution in [0.15, 0.2) is 24.4 Å². The smallest absolute Gasteiger partial charge is 0.407 e. The lowest BCUT2D eigenvalue weighted by Gasteiger charge is -2.31. The molecular formula is C22H31ClN4O4. The van der Waals surface area contributed by atoms with E-state index in [1.807, 2.05) is 25.2 Å². The molecule has 1 unspecified atom stereocenters. The van der Waals surface area contributed by atoms with E-state index in [4.69, 9.17) is 21.1 Å². The van der Waals surface area contributed by atoms with Crippen LogP contribution in [0, 0.1) is 0 Å². The number of ether oxygens (including phenoxy) is 2. The second kappa shape index (κ2) is 9.89. The normalized spacial score (nSPS) is 15.3. The van der Waals surface area contributed by atoms with Gasteiger partial charge in [0.2, 0.25) is 0 Å². The van der Waals surface area contributed by atoms with Gasteiger partial charge >= 0.3 is 6.09 Å². The number of benzene rings is 1. The van der Waals surface area contributed by atoms with Crippen LogP contribution in [0.2, 0.25) is 5.02 Å². The van der Waals surface area contributed by atoms with Gasteiger partial charge in [-0.1, -0.05) is 17.7 Å². The summed E-state index contributed by atoms with van der Waals surface area (Å²) in [7, 11) is 1.87. The number of β-amino-alcohol motifs (C(OH)–C–C–N with tert-alkyl or cyclic N) is 1. The summed E-state index contributed by atoms with van der Waals surface area (Å²) in [6.45, 7) is 7.84. The van der Waals surface area contributed by atoms with Gasteiger partial charge < -0.3 is 19.9 Å². The van der Waals surface area contributed by atoms with Crippen molar-refractivity contribution in [3.63, 3.8) is 0 Å². The largest absolute Gasteiger partial charge is 0.486 e. The Bertz CT molecular complexity index is 909. The minimum Gasteiger partial charge on any atom is -0.486 e. The summed E-state index contributed by atoms with van der Waals surface area (Å²) >= 11 is 6.62. The van der Waals surface area contributed by atoms with Crippen molar-refractivity contribution in [3.05, 3.63) is 46.2 Å². The molecule has 31 heavy (non-hydrogen) atoms. The van der Waals surface area contributed by atoms with E-state index >= 15 is 0 Å². The van der Waals surface area contributed by atoms with Gasteiger partial charge in [0.1, 0.15) is 18.0 Å². The summed E-state index contributed by atoms with van der Waals surface area (Å²) in [6, 6.07) is 5.83. The lowest BCUT2D eigenvalue weighted by molar-refractivity contribution is 0.0464. The second-order valence-electron chi connectivity index (χ2n) is 8.77. The highest BCUT2D eigenvalue weighted by atomic mass is 35.5. The van der Waals surface area contributed by atoms with Gasteiger partial charge in [-0.3, -0.25) is 9.58 Å². The third-order valence-electron chi connectivity index (χ3n) is 5.02. The van der Waals surface area contributed by atoms with Crippen molar-refractivity contribution in [2.45, 2.75) is 52.0 Å². The van der Waals surface area contributed by atoms with Crippen molar-refractivity contribution in [3.8, 4) is 5.75 Å². The molecule has 2 heterocycles. The average molecular weight is 451 g/mol. The highest BCUT2D eigenvalue weighted by Gasteiger charge is 2.23. The van der Waals surface area contributed by atoms with Gasteiger partial charge in [0.05, 0.1) is 16.8 Å². The Hall–Kier alpha value is -2.29. The van der Waals surface area contributed by atoms with E-state index in [0.717, 1.165) is 29.8 Å². The summed E-state index contributed by atoms with van der Waals surface area (Å²) in [5.74, 6) is 0.664. The monoisotopic (exact) mass is 450 g/mol. The molecule has 0 saturated carbocycles.